The Kier molecular flexibility index (Phi) is 4.90. The van der Waals surface area contributed by atoms with Crippen LogP contribution in [0.1, 0.15) is 18.4 Å². The minimum atomic E-state index is -3.59. The van der Waals surface area contributed by atoms with Crippen LogP contribution in [-0.4, -0.2) is 28.2 Å². The lowest BCUT2D eigenvalue weighted by atomic mass is 10.0. The summed E-state index contributed by atoms with van der Waals surface area (Å²) in [6.07, 6.45) is 1.94. The van der Waals surface area contributed by atoms with Crippen LogP contribution >= 0.6 is 11.6 Å². The van der Waals surface area contributed by atoms with Crippen molar-refractivity contribution in [1.82, 2.24) is 4.72 Å². The number of sulfonamides is 1. The summed E-state index contributed by atoms with van der Waals surface area (Å²) in [6.45, 7) is 3.47. The third-order valence-corrected chi connectivity index (χ3v) is 5.28. The molecule has 1 aliphatic heterocycles. The molecular weight excluding hydrogens is 300 g/mol. The standard InChI is InChI=1S/C13H19ClN2O3S/c1-9-12(14)5-11(6-13(9)15)20(17,18)16-7-10-3-2-4-19-8-10/h5-6,10,16H,2-4,7-8,15H2,1H3. The van der Waals surface area contributed by atoms with E-state index in [1.165, 1.54) is 12.1 Å². The molecule has 1 fully saturated rings. The number of anilines is 1. The van der Waals surface area contributed by atoms with Gasteiger partial charge < -0.3 is 10.5 Å². The summed E-state index contributed by atoms with van der Waals surface area (Å²) in [5.74, 6) is 0.219. The second-order valence-electron chi connectivity index (χ2n) is 5.05. The third kappa shape index (κ3) is 3.63. The molecule has 112 valence electrons. The molecule has 1 aromatic rings. The van der Waals surface area contributed by atoms with Gasteiger partial charge >= 0.3 is 0 Å². The lowest BCUT2D eigenvalue weighted by molar-refractivity contribution is 0.0568. The monoisotopic (exact) mass is 318 g/mol. The molecule has 1 saturated heterocycles. The van der Waals surface area contributed by atoms with Crippen molar-refractivity contribution < 1.29 is 13.2 Å². The Balaban J connectivity index is 2.10. The van der Waals surface area contributed by atoms with Crippen molar-refractivity contribution in [3.63, 3.8) is 0 Å². The van der Waals surface area contributed by atoms with Crippen molar-refractivity contribution in [3.8, 4) is 0 Å². The number of benzene rings is 1. The van der Waals surface area contributed by atoms with E-state index in [-0.39, 0.29) is 10.8 Å². The van der Waals surface area contributed by atoms with Gasteiger partial charge in [-0.15, -0.1) is 0 Å². The second kappa shape index (κ2) is 6.30. The van der Waals surface area contributed by atoms with Crippen LogP contribution in [-0.2, 0) is 14.8 Å². The van der Waals surface area contributed by atoms with Crippen LogP contribution in [0.15, 0.2) is 17.0 Å². The number of hydrogen-bond acceptors (Lipinski definition) is 4. The Morgan fingerprint density at radius 3 is 2.85 bits per heavy atom. The highest BCUT2D eigenvalue weighted by molar-refractivity contribution is 7.89. The zero-order valence-corrected chi connectivity index (χ0v) is 12.9. The van der Waals surface area contributed by atoms with E-state index in [9.17, 15) is 8.42 Å². The van der Waals surface area contributed by atoms with E-state index >= 15 is 0 Å². The minimum absolute atomic E-state index is 0.0994. The first kappa shape index (κ1) is 15.6. The lowest BCUT2D eigenvalue weighted by Gasteiger charge is -2.22. The van der Waals surface area contributed by atoms with Gasteiger partial charge in [-0.1, -0.05) is 11.6 Å². The van der Waals surface area contributed by atoms with Crippen molar-refractivity contribution in [1.29, 1.82) is 0 Å². The van der Waals surface area contributed by atoms with Gasteiger partial charge in [-0.3, -0.25) is 0 Å². The van der Waals surface area contributed by atoms with Crippen LogP contribution in [0.5, 0.6) is 0 Å². The van der Waals surface area contributed by atoms with Gasteiger partial charge in [0, 0.05) is 23.9 Å². The molecule has 1 aromatic carbocycles. The third-order valence-electron chi connectivity index (χ3n) is 3.48. The number of nitrogens with two attached hydrogens (primary N) is 1. The largest absolute Gasteiger partial charge is 0.398 e. The average molecular weight is 319 g/mol. The number of rotatable bonds is 4. The Morgan fingerprint density at radius 2 is 2.25 bits per heavy atom. The number of ether oxygens (including phenoxy) is 1. The number of nitrogen functional groups attached to an aromatic ring is 1. The fourth-order valence-electron chi connectivity index (χ4n) is 2.11. The summed E-state index contributed by atoms with van der Waals surface area (Å²) in [5, 5.41) is 0.353. The fourth-order valence-corrected chi connectivity index (χ4v) is 3.58. The van der Waals surface area contributed by atoms with Crippen LogP contribution < -0.4 is 10.5 Å². The predicted molar refractivity (Wildman–Crippen MR) is 79.3 cm³/mol. The van der Waals surface area contributed by atoms with Gasteiger partial charge in [0.1, 0.15) is 0 Å². The highest BCUT2D eigenvalue weighted by Gasteiger charge is 2.20. The molecule has 0 aromatic heterocycles. The first-order chi connectivity index (χ1) is 9.40. The molecule has 0 bridgehead atoms. The van der Waals surface area contributed by atoms with Gasteiger partial charge in [0.2, 0.25) is 10.0 Å². The van der Waals surface area contributed by atoms with Crippen LogP contribution in [0.3, 0.4) is 0 Å². The van der Waals surface area contributed by atoms with E-state index in [0.29, 0.717) is 29.4 Å². The van der Waals surface area contributed by atoms with Crippen LogP contribution in [0.4, 0.5) is 5.69 Å². The summed E-state index contributed by atoms with van der Waals surface area (Å²) >= 11 is 5.98. The van der Waals surface area contributed by atoms with Gasteiger partial charge in [0.15, 0.2) is 0 Å². The molecule has 20 heavy (non-hydrogen) atoms. The Bertz CT molecular complexity index is 560. The average Bonchev–Trinajstić information content (AvgIpc) is 2.43. The number of halogens is 1. The molecular formula is C13H19ClN2O3S. The summed E-state index contributed by atoms with van der Waals surface area (Å²) in [4.78, 5) is 0.0994. The maximum Gasteiger partial charge on any atom is 0.240 e. The molecule has 5 nitrogen and oxygen atoms in total. The van der Waals surface area contributed by atoms with Gasteiger partial charge in [-0.25, -0.2) is 13.1 Å². The van der Waals surface area contributed by atoms with E-state index in [2.05, 4.69) is 4.72 Å². The van der Waals surface area contributed by atoms with E-state index < -0.39 is 10.0 Å². The van der Waals surface area contributed by atoms with Crippen molar-refractivity contribution in [2.45, 2.75) is 24.7 Å². The van der Waals surface area contributed by atoms with Gasteiger partial charge in [0.25, 0.3) is 0 Å². The maximum atomic E-state index is 12.2. The zero-order chi connectivity index (χ0) is 14.8. The van der Waals surface area contributed by atoms with Crippen molar-refractivity contribution >= 4 is 27.3 Å². The van der Waals surface area contributed by atoms with Crippen LogP contribution in [0.25, 0.3) is 0 Å². The summed E-state index contributed by atoms with van der Waals surface area (Å²) < 4.78 is 32.4. The fraction of sp³-hybridized carbons (Fsp3) is 0.538. The molecule has 1 unspecified atom stereocenters. The lowest BCUT2D eigenvalue weighted by Crippen LogP contribution is -2.33. The predicted octanol–water partition coefficient (Wildman–Crippen LogP) is 1.94. The highest BCUT2D eigenvalue weighted by Crippen LogP contribution is 2.26. The Labute approximate surface area is 124 Å². The molecule has 7 heteroatoms. The molecule has 0 radical (unpaired) electrons. The molecule has 0 spiro atoms. The van der Waals surface area contributed by atoms with E-state index in [1.54, 1.807) is 6.92 Å². The number of hydrogen-bond donors (Lipinski definition) is 2. The first-order valence-corrected chi connectivity index (χ1v) is 8.39. The van der Waals surface area contributed by atoms with Crippen molar-refractivity contribution in [3.05, 3.63) is 22.7 Å². The molecule has 0 aliphatic carbocycles. The van der Waals surface area contributed by atoms with Crippen LogP contribution in [0.2, 0.25) is 5.02 Å². The van der Waals surface area contributed by atoms with Crippen molar-refractivity contribution in [2.75, 3.05) is 25.5 Å². The smallest absolute Gasteiger partial charge is 0.240 e. The normalized spacial score (nSPS) is 20.0. The number of nitrogens with one attached hydrogen (secondary N) is 1. The molecule has 1 aliphatic rings. The maximum absolute atomic E-state index is 12.2. The van der Waals surface area contributed by atoms with E-state index in [0.717, 1.165) is 19.4 Å². The van der Waals surface area contributed by atoms with E-state index in [1.807, 2.05) is 0 Å². The molecule has 3 N–H and O–H groups in total. The van der Waals surface area contributed by atoms with Crippen molar-refractivity contribution in [2.24, 2.45) is 5.92 Å². The Morgan fingerprint density at radius 1 is 1.50 bits per heavy atom. The minimum Gasteiger partial charge on any atom is -0.398 e. The topological polar surface area (TPSA) is 81.4 Å². The molecule has 1 atom stereocenters. The van der Waals surface area contributed by atoms with Gasteiger partial charge in [-0.2, -0.15) is 0 Å². The summed E-state index contributed by atoms with van der Waals surface area (Å²) in [7, 11) is -3.59. The first-order valence-electron chi connectivity index (χ1n) is 6.53. The molecule has 1 heterocycles. The quantitative estimate of drug-likeness (QED) is 0.831. The molecule has 2 rings (SSSR count). The summed E-state index contributed by atoms with van der Waals surface area (Å²) in [5.41, 5.74) is 6.82. The van der Waals surface area contributed by atoms with E-state index in [4.69, 9.17) is 22.1 Å². The molecule has 0 amide bonds. The van der Waals surface area contributed by atoms with Gasteiger partial charge in [-0.05, 0) is 43.4 Å². The summed E-state index contributed by atoms with van der Waals surface area (Å²) in [6, 6.07) is 2.86. The highest BCUT2D eigenvalue weighted by atomic mass is 35.5. The zero-order valence-electron chi connectivity index (χ0n) is 11.4. The Hall–Kier alpha value is -0.820. The molecule has 0 saturated carbocycles. The van der Waals surface area contributed by atoms with Crippen LogP contribution in [0, 0.1) is 12.8 Å². The SMILES string of the molecule is Cc1c(N)cc(S(=O)(=O)NCC2CCCOC2)cc1Cl. The van der Waals surface area contributed by atoms with Gasteiger partial charge in [0.05, 0.1) is 11.5 Å². The second-order valence-corrected chi connectivity index (χ2v) is 7.23.